The molecule has 1 fully saturated rings. The molecule has 1 aliphatic rings. The quantitative estimate of drug-likeness (QED) is 0.607. The van der Waals surface area contributed by atoms with Gasteiger partial charge in [-0.25, -0.2) is 4.79 Å². The summed E-state index contributed by atoms with van der Waals surface area (Å²) in [5, 5.41) is 12.9. The summed E-state index contributed by atoms with van der Waals surface area (Å²) in [6, 6.07) is 19.9. The van der Waals surface area contributed by atoms with Crippen LogP contribution in [0.3, 0.4) is 0 Å². The van der Waals surface area contributed by atoms with E-state index in [0.717, 1.165) is 5.56 Å². The Kier molecular flexibility index (Phi) is 6.51. The minimum atomic E-state index is -0.759. The average molecular weight is 421 g/mol. The second kappa shape index (κ2) is 9.65. The highest BCUT2D eigenvalue weighted by atomic mass is 16.6. The number of rotatable bonds is 7. The molecular weight excluding hydrogens is 398 g/mol. The predicted octanol–water partition coefficient (Wildman–Crippen LogP) is 2.36. The Labute approximate surface area is 179 Å². The minimum absolute atomic E-state index is 0.149. The lowest BCUT2D eigenvalue weighted by Gasteiger charge is -2.16. The molecule has 0 aliphatic carbocycles. The van der Waals surface area contributed by atoms with Crippen molar-refractivity contribution in [1.82, 2.24) is 9.55 Å². The number of ether oxygens (including phenoxy) is 2. The van der Waals surface area contributed by atoms with Crippen LogP contribution in [0.2, 0.25) is 0 Å². The normalized spacial score (nSPS) is 20.5. The van der Waals surface area contributed by atoms with E-state index in [0.29, 0.717) is 12.2 Å². The molecule has 1 amide bonds. The predicted molar refractivity (Wildman–Crippen MR) is 114 cm³/mol. The number of aliphatic hydroxyl groups excluding tert-OH is 1. The van der Waals surface area contributed by atoms with Crippen LogP contribution in [0.15, 0.2) is 77.7 Å². The molecule has 4 rings (SSSR count). The molecule has 8 heteroatoms. The van der Waals surface area contributed by atoms with Gasteiger partial charge in [0.2, 0.25) is 0 Å². The molecule has 8 nitrogen and oxygen atoms in total. The van der Waals surface area contributed by atoms with E-state index in [1.807, 2.05) is 36.4 Å². The van der Waals surface area contributed by atoms with Crippen molar-refractivity contribution in [1.29, 1.82) is 0 Å². The Morgan fingerprint density at radius 2 is 1.84 bits per heavy atom. The van der Waals surface area contributed by atoms with E-state index in [2.05, 4.69) is 10.3 Å². The van der Waals surface area contributed by atoms with Gasteiger partial charge < -0.3 is 19.9 Å². The number of amides is 1. The smallest absolute Gasteiger partial charge is 0.351 e. The van der Waals surface area contributed by atoms with E-state index in [1.54, 1.807) is 24.3 Å². The molecule has 2 aromatic carbocycles. The first-order valence-electron chi connectivity index (χ1n) is 10.0. The van der Waals surface area contributed by atoms with Gasteiger partial charge in [0.1, 0.15) is 18.1 Å². The van der Waals surface area contributed by atoms with Crippen LogP contribution in [-0.2, 0) is 16.1 Å². The fourth-order valence-electron chi connectivity index (χ4n) is 3.38. The molecule has 1 saturated heterocycles. The largest absolute Gasteiger partial charge is 0.390 e. The molecular formula is C23H23N3O5. The van der Waals surface area contributed by atoms with Crippen LogP contribution in [0.5, 0.6) is 0 Å². The maximum absolute atomic E-state index is 12.5. The van der Waals surface area contributed by atoms with Gasteiger partial charge >= 0.3 is 5.69 Å². The summed E-state index contributed by atoms with van der Waals surface area (Å²) in [5.41, 5.74) is 0.920. The van der Waals surface area contributed by atoms with Gasteiger partial charge in [0.25, 0.3) is 5.91 Å². The first-order valence-corrected chi connectivity index (χ1v) is 10.0. The first-order chi connectivity index (χ1) is 15.1. The van der Waals surface area contributed by atoms with Crippen LogP contribution in [0.25, 0.3) is 0 Å². The topological polar surface area (TPSA) is 103 Å². The summed E-state index contributed by atoms with van der Waals surface area (Å²) in [6.45, 7) is 0.620. The monoisotopic (exact) mass is 421 g/mol. The lowest BCUT2D eigenvalue weighted by molar-refractivity contribution is -0.0666. The van der Waals surface area contributed by atoms with Crippen LogP contribution >= 0.6 is 0 Å². The number of aliphatic hydroxyl groups is 1. The fraction of sp³-hybridized carbons (Fsp3) is 0.261. The van der Waals surface area contributed by atoms with Gasteiger partial charge in [0.15, 0.2) is 0 Å². The Hall–Kier alpha value is -3.33. The molecule has 2 N–H and O–H groups in total. The van der Waals surface area contributed by atoms with E-state index in [4.69, 9.17) is 9.47 Å². The van der Waals surface area contributed by atoms with Crippen molar-refractivity contribution in [2.24, 2.45) is 0 Å². The molecule has 0 radical (unpaired) electrons. The van der Waals surface area contributed by atoms with Crippen LogP contribution in [0.4, 0.5) is 5.82 Å². The summed E-state index contributed by atoms with van der Waals surface area (Å²) in [5.74, 6) is -0.204. The Morgan fingerprint density at radius 1 is 1.13 bits per heavy atom. The zero-order chi connectivity index (χ0) is 21.6. The molecule has 1 aromatic heterocycles. The van der Waals surface area contributed by atoms with Crippen molar-refractivity contribution in [3.63, 3.8) is 0 Å². The maximum atomic E-state index is 12.5. The van der Waals surface area contributed by atoms with Crippen molar-refractivity contribution < 1.29 is 19.4 Å². The lowest BCUT2D eigenvalue weighted by atomic mass is 10.2. The minimum Gasteiger partial charge on any atom is -0.390 e. The Bertz CT molecular complexity index is 1070. The highest BCUT2D eigenvalue weighted by Crippen LogP contribution is 2.28. The van der Waals surface area contributed by atoms with Crippen LogP contribution in [0, 0.1) is 0 Å². The Morgan fingerprint density at radius 3 is 2.55 bits per heavy atom. The summed E-state index contributed by atoms with van der Waals surface area (Å²) in [6.07, 6.45) is -0.209. The third-order valence-corrected chi connectivity index (χ3v) is 5.02. The van der Waals surface area contributed by atoms with Crippen LogP contribution < -0.4 is 11.0 Å². The van der Waals surface area contributed by atoms with Crippen LogP contribution in [-0.4, -0.2) is 39.4 Å². The fourth-order valence-corrected chi connectivity index (χ4v) is 3.38. The molecule has 0 spiro atoms. The molecule has 3 aromatic rings. The van der Waals surface area contributed by atoms with Gasteiger partial charge in [-0.05, 0) is 23.8 Å². The third-order valence-electron chi connectivity index (χ3n) is 5.02. The highest BCUT2D eigenvalue weighted by Gasteiger charge is 2.35. The second-order valence-electron chi connectivity index (χ2n) is 7.26. The standard InChI is InChI=1S/C23H23N3O5/c27-18-13-21(31-19(18)15-30-14-16-7-3-1-4-8-16)26-12-11-20(25-23(26)29)24-22(28)17-9-5-2-6-10-17/h1-12,18-19,21,27H,13-15H2,(H,24,25,28,29)/t18-,19+,21+/m0/s1. The SMILES string of the molecule is O=C(Nc1ccn([C@H]2C[C@H](O)[C@@H](COCc3ccccc3)O2)c(=O)n1)c1ccccc1. The van der Waals surface area contributed by atoms with Crippen molar-refractivity contribution >= 4 is 11.7 Å². The number of hydrogen-bond donors (Lipinski definition) is 2. The zero-order valence-electron chi connectivity index (χ0n) is 16.8. The van der Waals surface area contributed by atoms with Crippen molar-refractivity contribution in [3.8, 4) is 0 Å². The summed E-state index contributed by atoms with van der Waals surface area (Å²) >= 11 is 0. The molecule has 0 bridgehead atoms. The Balaban J connectivity index is 1.35. The van der Waals surface area contributed by atoms with Gasteiger partial charge in [-0.3, -0.25) is 9.36 Å². The van der Waals surface area contributed by atoms with E-state index >= 15 is 0 Å². The van der Waals surface area contributed by atoms with E-state index < -0.39 is 24.1 Å². The summed E-state index contributed by atoms with van der Waals surface area (Å²) in [7, 11) is 0. The van der Waals surface area contributed by atoms with Gasteiger partial charge in [-0.2, -0.15) is 4.98 Å². The molecule has 1 aliphatic heterocycles. The zero-order valence-corrected chi connectivity index (χ0v) is 16.8. The number of nitrogens with one attached hydrogen (secondary N) is 1. The molecule has 31 heavy (non-hydrogen) atoms. The average Bonchev–Trinajstić information content (AvgIpc) is 3.15. The van der Waals surface area contributed by atoms with Crippen molar-refractivity contribution in [2.75, 3.05) is 11.9 Å². The molecule has 0 unspecified atom stereocenters. The van der Waals surface area contributed by atoms with E-state index in [9.17, 15) is 14.7 Å². The molecule has 0 saturated carbocycles. The molecule has 2 heterocycles. The number of carbonyl (C=O) groups is 1. The number of aromatic nitrogens is 2. The maximum Gasteiger partial charge on any atom is 0.351 e. The second-order valence-corrected chi connectivity index (χ2v) is 7.26. The lowest BCUT2D eigenvalue weighted by Crippen LogP contribution is -2.29. The van der Waals surface area contributed by atoms with Crippen molar-refractivity contribution in [3.05, 3.63) is 94.5 Å². The summed E-state index contributed by atoms with van der Waals surface area (Å²) in [4.78, 5) is 28.6. The third kappa shape index (κ3) is 5.24. The van der Waals surface area contributed by atoms with E-state index in [-0.39, 0.29) is 24.8 Å². The van der Waals surface area contributed by atoms with Gasteiger partial charge in [-0.1, -0.05) is 48.5 Å². The van der Waals surface area contributed by atoms with Gasteiger partial charge in [0.05, 0.1) is 19.3 Å². The van der Waals surface area contributed by atoms with Crippen LogP contribution in [0.1, 0.15) is 28.6 Å². The molecule has 160 valence electrons. The number of anilines is 1. The highest BCUT2D eigenvalue weighted by molar-refractivity contribution is 6.03. The number of benzene rings is 2. The number of hydrogen-bond acceptors (Lipinski definition) is 6. The summed E-state index contributed by atoms with van der Waals surface area (Å²) < 4.78 is 12.8. The number of nitrogens with zero attached hydrogens (tertiary/aromatic N) is 2. The van der Waals surface area contributed by atoms with Gasteiger partial charge in [0, 0.05) is 18.2 Å². The first kappa shape index (κ1) is 20.9. The van der Waals surface area contributed by atoms with Crippen molar-refractivity contribution in [2.45, 2.75) is 31.5 Å². The molecule has 3 atom stereocenters. The van der Waals surface area contributed by atoms with Gasteiger partial charge in [-0.15, -0.1) is 0 Å². The number of carbonyl (C=O) groups excluding carboxylic acids is 1. The van der Waals surface area contributed by atoms with E-state index in [1.165, 1.54) is 16.8 Å².